The van der Waals surface area contributed by atoms with Crippen LogP contribution in [0.5, 0.6) is 0 Å². The molecule has 0 aromatic rings. The monoisotopic (exact) mass is 212 g/mol. The summed E-state index contributed by atoms with van der Waals surface area (Å²) in [6.07, 6.45) is 3.09. The van der Waals surface area contributed by atoms with E-state index in [1.54, 1.807) is 0 Å². The number of carbonyl (C=O) groups excluding carboxylic acids is 1. The predicted octanol–water partition coefficient (Wildman–Crippen LogP) is 1.45. The van der Waals surface area contributed by atoms with Gasteiger partial charge < -0.3 is 9.64 Å². The highest BCUT2D eigenvalue weighted by atomic mass is 16.5. The van der Waals surface area contributed by atoms with Crippen molar-refractivity contribution in [2.45, 2.75) is 39.2 Å². The molecule has 0 saturated heterocycles. The summed E-state index contributed by atoms with van der Waals surface area (Å²) in [6, 6.07) is -0.303. The number of amidine groups is 1. The highest BCUT2D eigenvalue weighted by molar-refractivity contribution is 5.89. The molecule has 1 aliphatic heterocycles. The van der Waals surface area contributed by atoms with Gasteiger partial charge in [-0.3, -0.25) is 4.99 Å². The molecule has 1 unspecified atom stereocenters. The molecule has 1 rings (SSSR count). The van der Waals surface area contributed by atoms with E-state index >= 15 is 0 Å². The number of rotatable bonds is 5. The Bertz CT molecular complexity index is 251. The summed E-state index contributed by atoms with van der Waals surface area (Å²) < 4.78 is 4.71. The van der Waals surface area contributed by atoms with E-state index in [-0.39, 0.29) is 12.0 Å². The zero-order valence-electron chi connectivity index (χ0n) is 9.82. The van der Waals surface area contributed by atoms with Gasteiger partial charge in [0.15, 0.2) is 6.04 Å². The van der Waals surface area contributed by atoms with Crippen molar-refractivity contribution in [3.8, 4) is 0 Å². The molecule has 4 nitrogen and oxygen atoms in total. The first-order valence-corrected chi connectivity index (χ1v) is 5.62. The first-order valence-electron chi connectivity index (χ1n) is 5.62. The molecule has 0 bridgehead atoms. The lowest BCUT2D eigenvalue weighted by Crippen LogP contribution is -2.32. The van der Waals surface area contributed by atoms with Crippen LogP contribution < -0.4 is 0 Å². The van der Waals surface area contributed by atoms with Crippen molar-refractivity contribution in [2.75, 3.05) is 20.2 Å². The average molecular weight is 212 g/mol. The van der Waals surface area contributed by atoms with E-state index in [0.717, 1.165) is 31.6 Å². The van der Waals surface area contributed by atoms with Gasteiger partial charge in [-0.15, -0.1) is 0 Å². The largest absolute Gasteiger partial charge is 0.467 e. The van der Waals surface area contributed by atoms with Crippen LogP contribution in [0.4, 0.5) is 0 Å². The molecular weight excluding hydrogens is 192 g/mol. The van der Waals surface area contributed by atoms with Crippen LogP contribution in [-0.2, 0) is 9.53 Å². The number of hydrogen-bond donors (Lipinski definition) is 0. The van der Waals surface area contributed by atoms with Crippen LogP contribution in [0.2, 0.25) is 0 Å². The Morgan fingerprint density at radius 2 is 2.27 bits per heavy atom. The second kappa shape index (κ2) is 5.73. The quantitative estimate of drug-likeness (QED) is 0.648. The van der Waals surface area contributed by atoms with Gasteiger partial charge in [-0.05, 0) is 12.8 Å². The first kappa shape index (κ1) is 12.0. The van der Waals surface area contributed by atoms with Gasteiger partial charge in [0.2, 0.25) is 0 Å². The highest BCUT2D eigenvalue weighted by Gasteiger charge is 2.29. The molecule has 1 aliphatic rings. The SMILES string of the molecule is CCCC1=NC(C(=O)OC)CN1CCC. The lowest BCUT2D eigenvalue weighted by Gasteiger charge is -2.19. The van der Waals surface area contributed by atoms with Crippen molar-refractivity contribution in [2.24, 2.45) is 4.99 Å². The van der Waals surface area contributed by atoms with E-state index in [1.807, 2.05) is 0 Å². The van der Waals surface area contributed by atoms with E-state index in [1.165, 1.54) is 7.11 Å². The molecule has 1 atom stereocenters. The minimum Gasteiger partial charge on any atom is -0.467 e. The molecule has 0 radical (unpaired) electrons. The van der Waals surface area contributed by atoms with Crippen molar-refractivity contribution < 1.29 is 9.53 Å². The first-order chi connectivity index (χ1) is 7.22. The Balaban J connectivity index is 2.63. The maximum absolute atomic E-state index is 11.4. The number of esters is 1. The van der Waals surface area contributed by atoms with Gasteiger partial charge in [-0.2, -0.15) is 0 Å². The summed E-state index contributed by atoms with van der Waals surface area (Å²) in [5.41, 5.74) is 0. The Morgan fingerprint density at radius 3 is 2.80 bits per heavy atom. The number of nitrogens with zero attached hydrogens (tertiary/aromatic N) is 2. The Labute approximate surface area is 91.3 Å². The Morgan fingerprint density at radius 1 is 1.53 bits per heavy atom. The standard InChI is InChI=1S/C11H20N2O2/c1-4-6-10-12-9(11(14)15-3)8-13(10)7-5-2/h9H,4-8H2,1-3H3. The van der Waals surface area contributed by atoms with E-state index in [9.17, 15) is 4.79 Å². The van der Waals surface area contributed by atoms with Crippen LogP contribution in [0.3, 0.4) is 0 Å². The second-order valence-electron chi connectivity index (χ2n) is 3.78. The van der Waals surface area contributed by atoms with Gasteiger partial charge in [0.1, 0.15) is 5.84 Å². The average Bonchev–Trinajstić information content (AvgIpc) is 2.62. The molecule has 0 aromatic carbocycles. The fourth-order valence-electron chi connectivity index (χ4n) is 1.82. The molecule has 15 heavy (non-hydrogen) atoms. The smallest absolute Gasteiger partial charge is 0.332 e. The third-order valence-electron chi connectivity index (χ3n) is 2.50. The number of methoxy groups -OCH3 is 1. The van der Waals surface area contributed by atoms with Crippen molar-refractivity contribution in [3.05, 3.63) is 0 Å². The molecule has 0 fully saturated rings. The van der Waals surface area contributed by atoms with Crippen LogP contribution in [0.15, 0.2) is 4.99 Å². The van der Waals surface area contributed by atoms with Crippen LogP contribution in [0.1, 0.15) is 33.1 Å². The van der Waals surface area contributed by atoms with Gasteiger partial charge in [-0.25, -0.2) is 4.79 Å². The molecule has 1 heterocycles. The van der Waals surface area contributed by atoms with Gasteiger partial charge in [0, 0.05) is 13.0 Å². The fraction of sp³-hybridized carbons (Fsp3) is 0.818. The fourth-order valence-corrected chi connectivity index (χ4v) is 1.82. The zero-order chi connectivity index (χ0) is 11.3. The van der Waals surface area contributed by atoms with Gasteiger partial charge in [0.25, 0.3) is 0 Å². The van der Waals surface area contributed by atoms with Gasteiger partial charge >= 0.3 is 5.97 Å². The maximum Gasteiger partial charge on any atom is 0.332 e. The second-order valence-corrected chi connectivity index (χ2v) is 3.78. The van der Waals surface area contributed by atoms with Crippen molar-refractivity contribution in [3.63, 3.8) is 0 Å². The number of carbonyl (C=O) groups is 1. The van der Waals surface area contributed by atoms with E-state index in [4.69, 9.17) is 4.74 Å². The molecular formula is C11H20N2O2. The summed E-state index contributed by atoms with van der Waals surface area (Å²) in [4.78, 5) is 18.0. The summed E-state index contributed by atoms with van der Waals surface area (Å²) in [7, 11) is 1.42. The highest BCUT2D eigenvalue weighted by Crippen LogP contribution is 2.14. The molecule has 0 N–H and O–H groups in total. The summed E-state index contributed by atoms with van der Waals surface area (Å²) in [5, 5.41) is 0. The molecule has 4 heteroatoms. The van der Waals surface area contributed by atoms with Crippen LogP contribution in [0.25, 0.3) is 0 Å². The van der Waals surface area contributed by atoms with Crippen LogP contribution in [0, 0.1) is 0 Å². The molecule has 0 saturated carbocycles. The number of hydrogen-bond acceptors (Lipinski definition) is 4. The predicted molar refractivity (Wildman–Crippen MR) is 60.0 cm³/mol. The van der Waals surface area contributed by atoms with E-state index in [0.29, 0.717) is 6.54 Å². The van der Waals surface area contributed by atoms with Gasteiger partial charge in [-0.1, -0.05) is 13.8 Å². The van der Waals surface area contributed by atoms with Gasteiger partial charge in [0.05, 0.1) is 13.7 Å². The zero-order valence-corrected chi connectivity index (χ0v) is 9.82. The lowest BCUT2D eigenvalue weighted by atomic mass is 10.3. The minimum absolute atomic E-state index is 0.220. The third-order valence-corrected chi connectivity index (χ3v) is 2.50. The third kappa shape index (κ3) is 2.94. The summed E-state index contributed by atoms with van der Waals surface area (Å²) >= 11 is 0. The van der Waals surface area contributed by atoms with Crippen molar-refractivity contribution in [1.82, 2.24) is 4.90 Å². The lowest BCUT2D eigenvalue weighted by molar-refractivity contribution is -0.141. The number of ether oxygens (including phenoxy) is 1. The summed E-state index contributed by atoms with van der Waals surface area (Å²) in [6.45, 7) is 5.93. The van der Waals surface area contributed by atoms with Crippen molar-refractivity contribution >= 4 is 11.8 Å². The molecule has 86 valence electrons. The Kier molecular flexibility index (Phi) is 4.59. The molecule has 0 aromatic heterocycles. The topological polar surface area (TPSA) is 41.9 Å². The number of aliphatic imine (C=N–C) groups is 1. The normalized spacial score (nSPS) is 20.3. The maximum atomic E-state index is 11.4. The Hall–Kier alpha value is -1.06. The van der Waals surface area contributed by atoms with E-state index in [2.05, 4.69) is 23.7 Å². The molecule has 0 aliphatic carbocycles. The van der Waals surface area contributed by atoms with Crippen LogP contribution >= 0.6 is 0 Å². The van der Waals surface area contributed by atoms with E-state index < -0.39 is 0 Å². The molecule has 0 amide bonds. The van der Waals surface area contributed by atoms with Crippen molar-refractivity contribution in [1.29, 1.82) is 0 Å². The summed E-state index contributed by atoms with van der Waals surface area (Å²) in [5.74, 6) is 0.844. The molecule has 0 spiro atoms. The van der Waals surface area contributed by atoms with Crippen LogP contribution in [-0.4, -0.2) is 42.9 Å². The minimum atomic E-state index is -0.303.